The van der Waals surface area contributed by atoms with Crippen LogP contribution in [0.5, 0.6) is 0 Å². The summed E-state index contributed by atoms with van der Waals surface area (Å²) in [5, 5.41) is 0.471. The van der Waals surface area contributed by atoms with E-state index in [0.29, 0.717) is 28.4 Å². The predicted octanol–water partition coefficient (Wildman–Crippen LogP) is 4.18. The van der Waals surface area contributed by atoms with Crippen LogP contribution in [0.25, 0.3) is 16.9 Å². The number of hydrogen-bond donors (Lipinski definition) is 1. The number of nitrogens with one attached hydrogen (secondary N) is 1. The summed E-state index contributed by atoms with van der Waals surface area (Å²) in [7, 11) is 0. The Bertz CT molecular complexity index is 893. The number of halogens is 2. The minimum absolute atomic E-state index is 0.0944. The summed E-state index contributed by atoms with van der Waals surface area (Å²) in [6, 6.07) is 5.58. The minimum Gasteiger partial charge on any atom is -0.315 e. The molecule has 1 fully saturated rings. The van der Waals surface area contributed by atoms with E-state index in [1.54, 1.807) is 4.57 Å². The maximum Gasteiger partial charge on any atom is 0.224 e. The van der Waals surface area contributed by atoms with Crippen LogP contribution in [0, 0.1) is 5.82 Å². The third kappa shape index (κ3) is 2.53. The first kappa shape index (κ1) is 14.7. The van der Waals surface area contributed by atoms with Crippen molar-refractivity contribution >= 4 is 40.4 Å². The van der Waals surface area contributed by atoms with E-state index < -0.39 is 0 Å². The fraction of sp³-hybridized carbons (Fsp3) is 0.267. The second-order valence-electron chi connectivity index (χ2n) is 5.37. The highest BCUT2D eigenvalue weighted by Crippen LogP contribution is 2.44. The van der Waals surface area contributed by atoms with Gasteiger partial charge in [0.05, 0.1) is 11.1 Å². The molecule has 1 N–H and O–H groups in total. The molecule has 3 aromatic heterocycles. The molecule has 1 aliphatic carbocycles. The van der Waals surface area contributed by atoms with Crippen LogP contribution in [0.3, 0.4) is 0 Å². The molecule has 23 heavy (non-hydrogen) atoms. The van der Waals surface area contributed by atoms with E-state index in [-0.39, 0.29) is 17.0 Å². The van der Waals surface area contributed by atoms with Crippen molar-refractivity contribution in [1.29, 1.82) is 0 Å². The second-order valence-corrected chi connectivity index (χ2v) is 6.32. The zero-order valence-electron chi connectivity index (χ0n) is 12.3. The van der Waals surface area contributed by atoms with Gasteiger partial charge in [-0.3, -0.25) is 4.57 Å². The van der Waals surface area contributed by atoms with Crippen LogP contribution in [0.4, 0.5) is 10.2 Å². The molecule has 0 radical (unpaired) electrons. The molecule has 5 nitrogen and oxygen atoms in total. The maximum absolute atomic E-state index is 14.9. The number of hydrogen-bond acceptors (Lipinski definition) is 5. The Morgan fingerprint density at radius 1 is 1.35 bits per heavy atom. The number of nitrogens with zero attached hydrogens (tertiary/aromatic N) is 4. The number of fused-ring (bicyclic) bond motifs is 1. The lowest BCUT2D eigenvalue weighted by Gasteiger charge is -2.10. The lowest BCUT2D eigenvalue weighted by Crippen LogP contribution is -2.04. The van der Waals surface area contributed by atoms with Crippen LogP contribution in [-0.2, 0) is 0 Å². The van der Waals surface area contributed by atoms with Gasteiger partial charge in [-0.15, -0.1) is 0 Å². The molecule has 3 aromatic rings. The van der Waals surface area contributed by atoms with E-state index in [9.17, 15) is 4.39 Å². The summed E-state index contributed by atoms with van der Waals surface area (Å²) >= 11 is 7.37. The molecular weight excluding hydrogens is 337 g/mol. The first-order chi connectivity index (χ1) is 11.2. The second kappa shape index (κ2) is 5.65. The highest BCUT2D eigenvalue weighted by Gasteiger charge is 2.33. The van der Waals surface area contributed by atoms with E-state index in [1.807, 2.05) is 24.5 Å². The van der Waals surface area contributed by atoms with Gasteiger partial charge in [0, 0.05) is 18.4 Å². The van der Waals surface area contributed by atoms with E-state index in [4.69, 9.17) is 11.6 Å². The van der Waals surface area contributed by atoms with E-state index in [0.717, 1.165) is 12.8 Å². The normalized spacial score (nSPS) is 14.4. The van der Waals surface area contributed by atoms with Crippen LogP contribution in [0.1, 0.15) is 24.5 Å². The SMILES string of the molecule is CSNc1cccc(-n2c(C3CC3)c(F)c3cnc(Cl)nc32)n1. The summed E-state index contributed by atoms with van der Waals surface area (Å²) in [5.74, 6) is 1.25. The molecule has 3 heterocycles. The molecular formula is C15H13ClFN5S. The molecule has 118 valence electrons. The molecule has 0 unspecified atom stereocenters. The van der Waals surface area contributed by atoms with Gasteiger partial charge in [-0.05, 0) is 36.6 Å². The molecule has 0 aliphatic heterocycles. The highest BCUT2D eigenvalue weighted by molar-refractivity contribution is 7.99. The Labute approximate surface area is 141 Å². The minimum atomic E-state index is -0.274. The quantitative estimate of drug-likeness (QED) is 0.565. The fourth-order valence-corrected chi connectivity index (χ4v) is 3.14. The van der Waals surface area contributed by atoms with Gasteiger partial charge in [-0.25, -0.2) is 14.4 Å². The summed E-state index contributed by atoms with van der Waals surface area (Å²) < 4.78 is 19.7. The van der Waals surface area contributed by atoms with Crippen molar-refractivity contribution in [3.05, 3.63) is 41.2 Å². The van der Waals surface area contributed by atoms with Crippen molar-refractivity contribution in [3.63, 3.8) is 0 Å². The van der Waals surface area contributed by atoms with Crippen LogP contribution in [-0.4, -0.2) is 25.8 Å². The summed E-state index contributed by atoms with van der Waals surface area (Å²) in [6.45, 7) is 0. The van der Waals surface area contributed by atoms with E-state index >= 15 is 0 Å². The lowest BCUT2D eigenvalue weighted by molar-refractivity contribution is 0.613. The maximum atomic E-state index is 14.9. The van der Waals surface area contributed by atoms with Gasteiger partial charge in [0.25, 0.3) is 0 Å². The van der Waals surface area contributed by atoms with Crippen LogP contribution in [0.15, 0.2) is 24.4 Å². The van der Waals surface area contributed by atoms with Crippen LogP contribution >= 0.6 is 23.5 Å². The van der Waals surface area contributed by atoms with Gasteiger partial charge in [0.1, 0.15) is 11.6 Å². The van der Waals surface area contributed by atoms with Crippen molar-refractivity contribution in [2.45, 2.75) is 18.8 Å². The summed E-state index contributed by atoms with van der Waals surface area (Å²) in [5.41, 5.74) is 1.07. The van der Waals surface area contributed by atoms with Gasteiger partial charge >= 0.3 is 0 Å². The molecule has 0 saturated heterocycles. The van der Waals surface area contributed by atoms with Gasteiger partial charge in [0.15, 0.2) is 11.5 Å². The van der Waals surface area contributed by atoms with Gasteiger partial charge in [-0.2, -0.15) is 4.98 Å². The lowest BCUT2D eigenvalue weighted by atomic mass is 10.2. The molecule has 1 saturated carbocycles. The molecule has 1 aliphatic rings. The van der Waals surface area contributed by atoms with Crippen molar-refractivity contribution < 1.29 is 4.39 Å². The average Bonchev–Trinajstić information content (AvgIpc) is 3.33. The molecule has 0 bridgehead atoms. The fourth-order valence-electron chi connectivity index (χ4n) is 2.69. The van der Waals surface area contributed by atoms with Crippen molar-refractivity contribution in [1.82, 2.24) is 19.5 Å². The zero-order valence-corrected chi connectivity index (χ0v) is 13.8. The number of rotatable bonds is 4. The van der Waals surface area contributed by atoms with Crippen LogP contribution in [0.2, 0.25) is 5.28 Å². The van der Waals surface area contributed by atoms with Gasteiger partial charge < -0.3 is 4.72 Å². The number of pyridine rings is 1. The Balaban J connectivity index is 1.99. The molecule has 0 atom stereocenters. The van der Waals surface area contributed by atoms with Crippen molar-refractivity contribution in [2.24, 2.45) is 0 Å². The topological polar surface area (TPSA) is 55.6 Å². The summed E-state index contributed by atoms with van der Waals surface area (Å²) in [6.07, 6.45) is 5.29. The van der Waals surface area contributed by atoms with Crippen LogP contribution < -0.4 is 4.72 Å². The molecule has 0 aromatic carbocycles. The number of anilines is 1. The largest absolute Gasteiger partial charge is 0.315 e. The molecule has 0 spiro atoms. The Kier molecular flexibility index (Phi) is 3.61. The van der Waals surface area contributed by atoms with Gasteiger partial charge in [-0.1, -0.05) is 18.0 Å². The van der Waals surface area contributed by atoms with Crippen molar-refractivity contribution in [3.8, 4) is 5.82 Å². The molecule has 8 heteroatoms. The predicted molar refractivity (Wildman–Crippen MR) is 90.7 cm³/mol. The zero-order chi connectivity index (χ0) is 16.0. The number of aromatic nitrogens is 4. The smallest absolute Gasteiger partial charge is 0.224 e. The average molecular weight is 350 g/mol. The Morgan fingerprint density at radius 3 is 2.91 bits per heavy atom. The standard InChI is InChI=1S/C15H13ClFN5S/c1-23-21-10-3-2-4-11(19-10)22-13(8-5-6-8)12(17)9-7-18-15(16)20-14(9)22/h2-4,7-8H,5-6H2,1H3,(H,19,21). The Hall–Kier alpha value is -1.86. The third-order valence-electron chi connectivity index (χ3n) is 3.79. The van der Waals surface area contributed by atoms with Gasteiger partial charge in [0.2, 0.25) is 5.28 Å². The molecule has 0 amide bonds. The third-order valence-corrected chi connectivity index (χ3v) is 4.38. The first-order valence-electron chi connectivity index (χ1n) is 7.18. The first-order valence-corrected chi connectivity index (χ1v) is 8.78. The highest BCUT2D eigenvalue weighted by atomic mass is 35.5. The van der Waals surface area contributed by atoms with E-state index in [2.05, 4.69) is 19.7 Å². The monoisotopic (exact) mass is 349 g/mol. The van der Waals surface area contributed by atoms with Crippen molar-refractivity contribution in [2.75, 3.05) is 11.0 Å². The van der Waals surface area contributed by atoms with E-state index in [1.165, 1.54) is 18.1 Å². The molecule has 4 rings (SSSR count). The summed E-state index contributed by atoms with van der Waals surface area (Å²) in [4.78, 5) is 12.7. The Morgan fingerprint density at radius 2 is 2.17 bits per heavy atom.